The fraction of sp³-hybridized carbons (Fsp3) is 0.711. The van der Waals surface area contributed by atoms with Gasteiger partial charge in [0.05, 0.1) is 6.61 Å². The molecule has 0 amide bonds. The average Bonchev–Trinajstić information content (AvgIpc) is 3.22. The van der Waals surface area contributed by atoms with Crippen LogP contribution in [-0.4, -0.2) is 104 Å². The van der Waals surface area contributed by atoms with Crippen LogP contribution in [0.2, 0.25) is 0 Å². The molecule has 6 N–H and O–H groups in total. The molecule has 8 atom stereocenters. The zero-order valence-corrected chi connectivity index (χ0v) is 36.9. The summed E-state index contributed by atoms with van der Waals surface area (Å²) >= 11 is 0. The van der Waals surface area contributed by atoms with Crippen LogP contribution in [0.4, 0.5) is 0 Å². The minimum absolute atomic E-state index is 0.0496. The Kier molecular flexibility index (Phi) is 32.0. The number of hydrogen-bond acceptors (Lipinski definition) is 13. The highest BCUT2D eigenvalue weighted by Gasteiger charge is 2.51. The lowest BCUT2D eigenvalue weighted by atomic mass is 9.85. The molecule has 15 heteroatoms. The largest absolute Gasteiger partial charge is 0.472 e. The standard InChI is InChI=1S/C45H75O14P/c1-3-5-7-9-11-13-15-17-19-21-23-25-27-30-36(46)31-29-33-39(48)58-37(35-57-60(54,55)59-45-43(52)41(50)40(49)42(51)44(45)53)34-56-38(47)32-28-26-24-22-20-18-16-14-12-10-8-6-4-2/h11,13-14,16-17,19,23,25,27,30,37,40-45,49-53H,3-10,12,15,18,20-22,24,26,28-29,31-35H2,1-2H3,(H,54,55)/b13-11-,16-14-,19-17-,25-23-,30-27+/t37-,40?,41-,42+,43-,44-,45?/m1/s1. The molecule has 0 aromatic rings. The predicted octanol–water partition coefficient (Wildman–Crippen LogP) is 7.34. The van der Waals surface area contributed by atoms with Crippen LogP contribution in [0.15, 0.2) is 60.8 Å². The molecule has 0 saturated heterocycles. The highest BCUT2D eigenvalue weighted by atomic mass is 31.2. The molecule has 344 valence electrons. The van der Waals surface area contributed by atoms with Gasteiger partial charge in [-0.1, -0.05) is 120 Å². The fourth-order valence-electron chi connectivity index (χ4n) is 6.17. The highest BCUT2D eigenvalue weighted by molar-refractivity contribution is 7.47. The Morgan fingerprint density at radius 3 is 1.72 bits per heavy atom. The monoisotopic (exact) mass is 870 g/mol. The maximum Gasteiger partial charge on any atom is 0.472 e. The molecule has 0 spiro atoms. The van der Waals surface area contributed by atoms with Crippen molar-refractivity contribution in [3.63, 3.8) is 0 Å². The number of carbonyl (C=O) groups is 3. The number of phosphoric ester groups is 1. The molecular weight excluding hydrogens is 795 g/mol. The van der Waals surface area contributed by atoms with E-state index in [0.29, 0.717) is 6.42 Å². The van der Waals surface area contributed by atoms with Crippen LogP contribution in [-0.2, 0) is 37.5 Å². The van der Waals surface area contributed by atoms with Crippen LogP contribution in [0.3, 0.4) is 0 Å². The van der Waals surface area contributed by atoms with Crippen molar-refractivity contribution < 1.29 is 67.9 Å². The molecular formula is C45H75O14P. The second-order valence-electron chi connectivity index (χ2n) is 15.2. The van der Waals surface area contributed by atoms with Crippen molar-refractivity contribution in [2.45, 2.75) is 191 Å². The van der Waals surface area contributed by atoms with E-state index in [1.54, 1.807) is 12.2 Å². The quantitative estimate of drug-likeness (QED) is 0.00915. The summed E-state index contributed by atoms with van der Waals surface area (Å²) in [6.45, 7) is 3.02. The normalized spacial score (nSPS) is 22.7. The summed E-state index contributed by atoms with van der Waals surface area (Å²) in [5, 5.41) is 50.0. The van der Waals surface area contributed by atoms with Crippen molar-refractivity contribution in [2.75, 3.05) is 13.2 Å². The number of phosphoric acid groups is 1. The van der Waals surface area contributed by atoms with Crippen LogP contribution in [0.5, 0.6) is 0 Å². The Hall–Kier alpha value is -2.78. The Morgan fingerprint density at radius 1 is 0.567 bits per heavy atom. The number of carbonyl (C=O) groups excluding carboxylic acids is 3. The molecule has 3 unspecified atom stereocenters. The number of ether oxygens (including phenoxy) is 2. The Balaban J connectivity index is 2.60. The SMILES string of the molecule is CCCCC/C=C\C/C=C\C/C=C\C=C\C(=O)CCCC(=O)O[C@H](COC(=O)CCCCCCC/C=C\CCCCCC)COP(=O)(O)OC1[C@H](O)[C@H](O)C(O)[C@H](O)[C@H]1O. The van der Waals surface area contributed by atoms with E-state index in [4.69, 9.17) is 18.5 Å². The summed E-state index contributed by atoms with van der Waals surface area (Å²) in [6, 6.07) is 0. The molecule has 1 aliphatic rings. The number of aliphatic hydroxyl groups excluding tert-OH is 5. The fourth-order valence-corrected chi connectivity index (χ4v) is 7.15. The zero-order valence-electron chi connectivity index (χ0n) is 36.0. The van der Waals surface area contributed by atoms with Crippen molar-refractivity contribution in [1.29, 1.82) is 0 Å². The number of esters is 2. The molecule has 1 fully saturated rings. The van der Waals surface area contributed by atoms with Crippen LogP contribution >= 0.6 is 7.82 Å². The first-order valence-electron chi connectivity index (χ1n) is 22.0. The van der Waals surface area contributed by atoms with Gasteiger partial charge in [-0.25, -0.2) is 4.57 Å². The predicted molar refractivity (Wildman–Crippen MR) is 231 cm³/mol. The molecule has 14 nitrogen and oxygen atoms in total. The zero-order chi connectivity index (χ0) is 44.4. The first-order valence-corrected chi connectivity index (χ1v) is 23.5. The number of hydrogen-bond donors (Lipinski definition) is 6. The summed E-state index contributed by atoms with van der Waals surface area (Å²) < 4.78 is 33.2. The minimum atomic E-state index is -5.19. The summed E-state index contributed by atoms with van der Waals surface area (Å²) in [5.41, 5.74) is 0. The van der Waals surface area contributed by atoms with Crippen LogP contribution in [0, 0.1) is 0 Å². The maximum atomic E-state index is 12.8. The highest BCUT2D eigenvalue weighted by Crippen LogP contribution is 2.47. The van der Waals surface area contributed by atoms with Gasteiger partial charge in [0.25, 0.3) is 0 Å². The van der Waals surface area contributed by atoms with Gasteiger partial charge < -0.3 is 39.9 Å². The van der Waals surface area contributed by atoms with Gasteiger partial charge in [-0.3, -0.25) is 23.4 Å². The lowest BCUT2D eigenvalue weighted by Gasteiger charge is -2.41. The van der Waals surface area contributed by atoms with E-state index in [1.807, 2.05) is 12.2 Å². The van der Waals surface area contributed by atoms with E-state index in [1.165, 1.54) is 51.0 Å². The number of aliphatic hydroxyl groups is 5. The van der Waals surface area contributed by atoms with Gasteiger partial charge >= 0.3 is 19.8 Å². The van der Waals surface area contributed by atoms with Gasteiger partial charge in [-0.15, -0.1) is 0 Å². The van der Waals surface area contributed by atoms with Gasteiger partial charge in [0.2, 0.25) is 0 Å². The molecule has 1 aliphatic carbocycles. The summed E-state index contributed by atoms with van der Waals surface area (Å²) in [7, 11) is -5.19. The Labute approximate surface area is 358 Å². The molecule has 0 aliphatic heterocycles. The van der Waals surface area contributed by atoms with E-state index in [-0.39, 0.29) is 31.5 Å². The van der Waals surface area contributed by atoms with Crippen molar-refractivity contribution in [2.24, 2.45) is 0 Å². The third-order valence-electron chi connectivity index (χ3n) is 9.81. The molecule has 0 radical (unpaired) electrons. The smallest absolute Gasteiger partial charge is 0.462 e. The lowest BCUT2D eigenvalue weighted by Crippen LogP contribution is -2.64. The molecule has 0 bridgehead atoms. The molecule has 0 aromatic heterocycles. The molecule has 1 saturated carbocycles. The van der Waals surface area contributed by atoms with Gasteiger partial charge in [-0.2, -0.15) is 0 Å². The van der Waals surface area contributed by atoms with Crippen molar-refractivity contribution in [3.05, 3.63) is 60.8 Å². The second kappa shape index (κ2) is 34.8. The van der Waals surface area contributed by atoms with Gasteiger partial charge in [0.15, 0.2) is 11.9 Å². The van der Waals surface area contributed by atoms with Crippen molar-refractivity contribution in [1.82, 2.24) is 0 Å². The van der Waals surface area contributed by atoms with Crippen molar-refractivity contribution in [3.8, 4) is 0 Å². The maximum absolute atomic E-state index is 12.8. The van der Waals surface area contributed by atoms with E-state index in [9.17, 15) is 49.4 Å². The van der Waals surface area contributed by atoms with E-state index in [0.717, 1.165) is 57.8 Å². The summed E-state index contributed by atoms with van der Waals surface area (Å²) in [4.78, 5) is 47.9. The second-order valence-corrected chi connectivity index (χ2v) is 16.6. The van der Waals surface area contributed by atoms with Gasteiger partial charge in [0, 0.05) is 19.3 Å². The first-order chi connectivity index (χ1) is 28.8. The molecule has 60 heavy (non-hydrogen) atoms. The summed E-state index contributed by atoms with van der Waals surface area (Å²) in [5.74, 6) is -1.58. The number of allylic oxidation sites excluding steroid dienone is 10. The van der Waals surface area contributed by atoms with E-state index < -0.39 is 75.7 Å². The van der Waals surface area contributed by atoms with Crippen LogP contribution in [0.25, 0.3) is 0 Å². The Bertz CT molecular complexity index is 1340. The number of ketones is 1. The average molecular weight is 871 g/mol. The topological polar surface area (TPSA) is 227 Å². The third kappa shape index (κ3) is 27.2. The number of unbranched alkanes of at least 4 members (excludes halogenated alkanes) is 12. The summed E-state index contributed by atoms with van der Waals surface area (Å²) in [6.07, 6.45) is 24.2. The number of rotatable bonds is 35. The molecule has 0 heterocycles. The van der Waals surface area contributed by atoms with Crippen LogP contribution < -0.4 is 0 Å². The van der Waals surface area contributed by atoms with E-state index in [2.05, 4.69) is 44.2 Å². The lowest BCUT2D eigenvalue weighted by molar-refractivity contribution is -0.220. The Morgan fingerprint density at radius 2 is 1.07 bits per heavy atom. The molecule has 0 aromatic carbocycles. The van der Waals surface area contributed by atoms with Crippen LogP contribution in [0.1, 0.15) is 149 Å². The van der Waals surface area contributed by atoms with Crippen molar-refractivity contribution >= 4 is 25.5 Å². The first kappa shape index (κ1) is 55.2. The molecule has 1 rings (SSSR count). The van der Waals surface area contributed by atoms with Gasteiger partial charge in [-0.05, 0) is 70.3 Å². The van der Waals surface area contributed by atoms with Gasteiger partial charge in [0.1, 0.15) is 43.2 Å². The van der Waals surface area contributed by atoms with E-state index >= 15 is 0 Å². The third-order valence-corrected chi connectivity index (χ3v) is 10.8. The minimum Gasteiger partial charge on any atom is -0.462 e.